The van der Waals surface area contributed by atoms with E-state index in [-0.39, 0.29) is 0 Å². The molecule has 0 bridgehead atoms. The summed E-state index contributed by atoms with van der Waals surface area (Å²) in [6.07, 6.45) is 3.58. The van der Waals surface area contributed by atoms with E-state index in [1.807, 2.05) is 18.2 Å². The fraction of sp³-hybridized carbons (Fsp3) is 0.625. The van der Waals surface area contributed by atoms with Crippen LogP contribution in [-0.4, -0.2) is 17.8 Å². The number of hydrogen-bond donors (Lipinski definition) is 1. The van der Waals surface area contributed by atoms with Crippen molar-refractivity contribution in [2.45, 2.75) is 45.1 Å². The molecule has 0 aliphatic heterocycles. The van der Waals surface area contributed by atoms with Gasteiger partial charge in [-0.25, -0.2) is 0 Å². The van der Waals surface area contributed by atoms with E-state index >= 15 is 0 Å². The molecule has 1 saturated carbocycles. The minimum Gasteiger partial charge on any atom is -0.497 e. The van der Waals surface area contributed by atoms with Gasteiger partial charge in [0.15, 0.2) is 0 Å². The van der Waals surface area contributed by atoms with Gasteiger partial charge in [-0.3, -0.25) is 0 Å². The standard InChI is InChI=1S/C16H23BrO2/c1-11-6-7-16(18,9-12(11)2)10-13-8-14(19-3)4-5-15(13)17/h4-5,8,11-12,18H,6-7,9-10H2,1-3H3. The summed E-state index contributed by atoms with van der Waals surface area (Å²) in [6.45, 7) is 4.53. The lowest BCUT2D eigenvalue weighted by atomic mass is 9.71. The summed E-state index contributed by atoms with van der Waals surface area (Å²) >= 11 is 3.57. The van der Waals surface area contributed by atoms with Crippen LogP contribution in [0.1, 0.15) is 38.7 Å². The third kappa shape index (κ3) is 3.51. The quantitative estimate of drug-likeness (QED) is 0.902. The second-order valence-electron chi connectivity index (χ2n) is 6.06. The predicted molar refractivity (Wildman–Crippen MR) is 81.5 cm³/mol. The third-order valence-electron chi connectivity index (χ3n) is 4.51. The minimum absolute atomic E-state index is 0.569. The number of ether oxygens (including phenoxy) is 1. The van der Waals surface area contributed by atoms with E-state index < -0.39 is 5.60 Å². The van der Waals surface area contributed by atoms with E-state index in [9.17, 15) is 5.11 Å². The molecule has 3 heteroatoms. The van der Waals surface area contributed by atoms with Gasteiger partial charge in [0.2, 0.25) is 0 Å². The van der Waals surface area contributed by atoms with Gasteiger partial charge in [-0.2, -0.15) is 0 Å². The molecule has 106 valence electrons. The molecule has 0 radical (unpaired) electrons. The van der Waals surface area contributed by atoms with Crippen molar-refractivity contribution in [2.75, 3.05) is 7.11 Å². The zero-order valence-electron chi connectivity index (χ0n) is 11.9. The van der Waals surface area contributed by atoms with Crippen LogP contribution < -0.4 is 4.74 Å². The van der Waals surface area contributed by atoms with Crippen molar-refractivity contribution in [3.05, 3.63) is 28.2 Å². The van der Waals surface area contributed by atoms with E-state index in [0.717, 1.165) is 35.0 Å². The van der Waals surface area contributed by atoms with Gasteiger partial charge >= 0.3 is 0 Å². The van der Waals surface area contributed by atoms with Crippen molar-refractivity contribution in [2.24, 2.45) is 11.8 Å². The van der Waals surface area contributed by atoms with E-state index in [4.69, 9.17) is 4.74 Å². The smallest absolute Gasteiger partial charge is 0.119 e. The molecule has 1 N–H and O–H groups in total. The zero-order chi connectivity index (χ0) is 14.0. The first kappa shape index (κ1) is 14.9. The molecule has 1 aliphatic carbocycles. The van der Waals surface area contributed by atoms with Crippen LogP contribution in [0.25, 0.3) is 0 Å². The topological polar surface area (TPSA) is 29.5 Å². The lowest BCUT2D eigenvalue weighted by Crippen LogP contribution is -2.39. The Morgan fingerprint density at radius 3 is 2.74 bits per heavy atom. The van der Waals surface area contributed by atoms with E-state index in [1.54, 1.807) is 7.11 Å². The number of halogens is 1. The Morgan fingerprint density at radius 2 is 2.11 bits per heavy atom. The second-order valence-corrected chi connectivity index (χ2v) is 6.91. The van der Waals surface area contributed by atoms with Gasteiger partial charge < -0.3 is 9.84 Å². The highest BCUT2D eigenvalue weighted by molar-refractivity contribution is 9.10. The van der Waals surface area contributed by atoms with Crippen LogP contribution in [-0.2, 0) is 6.42 Å². The minimum atomic E-state index is -0.569. The number of rotatable bonds is 3. The second kappa shape index (κ2) is 5.84. The fourth-order valence-corrected chi connectivity index (χ4v) is 3.40. The maximum absolute atomic E-state index is 10.8. The lowest BCUT2D eigenvalue weighted by Gasteiger charge is -2.39. The Hall–Kier alpha value is -0.540. The molecular weight excluding hydrogens is 304 g/mol. The van der Waals surface area contributed by atoms with Crippen molar-refractivity contribution >= 4 is 15.9 Å². The van der Waals surface area contributed by atoms with E-state index in [0.29, 0.717) is 18.3 Å². The normalized spacial score (nSPS) is 31.2. The molecule has 0 heterocycles. The molecule has 3 atom stereocenters. The number of aliphatic hydroxyl groups is 1. The first-order chi connectivity index (χ1) is 8.93. The van der Waals surface area contributed by atoms with Gasteiger partial charge in [0.25, 0.3) is 0 Å². The predicted octanol–water partition coefficient (Wildman–Crippen LogP) is 4.19. The monoisotopic (exact) mass is 326 g/mol. The van der Waals surface area contributed by atoms with Crippen LogP contribution in [0.3, 0.4) is 0 Å². The summed E-state index contributed by atoms with van der Waals surface area (Å²) in [5.41, 5.74) is 0.560. The summed E-state index contributed by atoms with van der Waals surface area (Å²) < 4.78 is 6.32. The summed E-state index contributed by atoms with van der Waals surface area (Å²) in [6, 6.07) is 5.94. The highest BCUT2D eigenvalue weighted by Gasteiger charge is 2.36. The molecule has 0 saturated heterocycles. The van der Waals surface area contributed by atoms with Gasteiger partial charge in [-0.05, 0) is 54.9 Å². The maximum Gasteiger partial charge on any atom is 0.119 e. The number of benzene rings is 1. The maximum atomic E-state index is 10.8. The van der Waals surface area contributed by atoms with Crippen LogP contribution in [0.2, 0.25) is 0 Å². The summed E-state index contributed by atoms with van der Waals surface area (Å²) in [4.78, 5) is 0. The van der Waals surface area contributed by atoms with Crippen LogP contribution in [0.5, 0.6) is 5.75 Å². The Kier molecular flexibility index (Phi) is 4.57. The zero-order valence-corrected chi connectivity index (χ0v) is 13.5. The molecule has 19 heavy (non-hydrogen) atoms. The van der Waals surface area contributed by atoms with Gasteiger partial charge in [0.05, 0.1) is 12.7 Å². The Morgan fingerprint density at radius 1 is 1.37 bits per heavy atom. The van der Waals surface area contributed by atoms with Gasteiger partial charge in [-0.15, -0.1) is 0 Å². The number of hydrogen-bond acceptors (Lipinski definition) is 2. The van der Waals surface area contributed by atoms with E-state index in [2.05, 4.69) is 29.8 Å². The van der Waals surface area contributed by atoms with Crippen LogP contribution in [0, 0.1) is 11.8 Å². The largest absolute Gasteiger partial charge is 0.497 e. The number of methoxy groups -OCH3 is 1. The summed E-state index contributed by atoms with van der Waals surface area (Å²) in [5.74, 6) is 2.15. The van der Waals surface area contributed by atoms with Crippen molar-refractivity contribution in [3.63, 3.8) is 0 Å². The molecule has 1 aromatic rings. The first-order valence-electron chi connectivity index (χ1n) is 6.98. The molecule has 1 fully saturated rings. The third-order valence-corrected chi connectivity index (χ3v) is 5.28. The van der Waals surface area contributed by atoms with Crippen LogP contribution in [0.4, 0.5) is 0 Å². The summed E-state index contributed by atoms with van der Waals surface area (Å²) in [7, 11) is 1.67. The lowest BCUT2D eigenvalue weighted by molar-refractivity contribution is -0.0280. The van der Waals surface area contributed by atoms with Crippen LogP contribution >= 0.6 is 15.9 Å². The fourth-order valence-electron chi connectivity index (χ4n) is 3.01. The van der Waals surface area contributed by atoms with Crippen molar-refractivity contribution in [1.29, 1.82) is 0 Å². The molecule has 1 aromatic carbocycles. The highest BCUT2D eigenvalue weighted by Crippen LogP contribution is 2.39. The molecule has 2 rings (SSSR count). The molecule has 2 nitrogen and oxygen atoms in total. The molecule has 1 aliphatic rings. The van der Waals surface area contributed by atoms with Gasteiger partial charge in [-0.1, -0.05) is 29.8 Å². The SMILES string of the molecule is COc1ccc(Br)c(CC2(O)CCC(C)C(C)C2)c1. The molecular formula is C16H23BrO2. The van der Waals surface area contributed by atoms with Crippen molar-refractivity contribution in [3.8, 4) is 5.75 Å². The molecule has 0 aromatic heterocycles. The Balaban J connectivity index is 2.16. The van der Waals surface area contributed by atoms with Gasteiger partial charge in [0.1, 0.15) is 5.75 Å². The van der Waals surface area contributed by atoms with Crippen molar-refractivity contribution < 1.29 is 9.84 Å². The highest BCUT2D eigenvalue weighted by atomic mass is 79.9. The molecule has 0 amide bonds. The van der Waals surface area contributed by atoms with E-state index in [1.165, 1.54) is 0 Å². The van der Waals surface area contributed by atoms with Gasteiger partial charge in [0, 0.05) is 10.9 Å². The Labute approximate surface area is 124 Å². The summed E-state index contributed by atoms with van der Waals surface area (Å²) in [5, 5.41) is 10.8. The molecule has 3 unspecified atom stereocenters. The average molecular weight is 327 g/mol. The first-order valence-corrected chi connectivity index (χ1v) is 7.77. The Bertz CT molecular complexity index is 446. The average Bonchev–Trinajstić information content (AvgIpc) is 2.37. The molecule has 0 spiro atoms. The van der Waals surface area contributed by atoms with Crippen molar-refractivity contribution in [1.82, 2.24) is 0 Å². The van der Waals surface area contributed by atoms with Crippen LogP contribution in [0.15, 0.2) is 22.7 Å².